The van der Waals surface area contributed by atoms with Gasteiger partial charge in [0.05, 0.1) is 0 Å². The lowest BCUT2D eigenvalue weighted by molar-refractivity contribution is -0.144. The Bertz CT molecular complexity index is 762. The SMILES string of the molecule is CC(C)(C)c1cc(C(=O)NC(C)(C(=O)O)c2ccc(F)cc2)n[nH]1. The summed E-state index contributed by atoms with van der Waals surface area (Å²) in [6.07, 6.45) is 0. The smallest absolute Gasteiger partial charge is 0.333 e. The monoisotopic (exact) mass is 333 g/mol. The molecule has 1 amide bonds. The van der Waals surface area contributed by atoms with Gasteiger partial charge in [0.1, 0.15) is 11.5 Å². The van der Waals surface area contributed by atoms with Gasteiger partial charge < -0.3 is 10.4 Å². The third-order valence-electron chi connectivity index (χ3n) is 3.83. The molecule has 3 N–H and O–H groups in total. The summed E-state index contributed by atoms with van der Waals surface area (Å²) >= 11 is 0. The van der Waals surface area contributed by atoms with Crippen molar-refractivity contribution in [2.45, 2.75) is 38.6 Å². The van der Waals surface area contributed by atoms with Crippen LogP contribution in [0.15, 0.2) is 30.3 Å². The number of carbonyl (C=O) groups is 2. The van der Waals surface area contributed by atoms with Crippen molar-refractivity contribution in [1.29, 1.82) is 0 Å². The van der Waals surface area contributed by atoms with E-state index in [1.165, 1.54) is 19.1 Å². The average molecular weight is 333 g/mol. The van der Waals surface area contributed by atoms with Crippen LogP contribution in [0.3, 0.4) is 0 Å². The number of aromatic amines is 1. The zero-order valence-electron chi connectivity index (χ0n) is 14.0. The maximum atomic E-state index is 13.1. The molecule has 1 atom stereocenters. The number of hydrogen-bond acceptors (Lipinski definition) is 3. The van der Waals surface area contributed by atoms with E-state index in [4.69, 9.17) is 0 Å². The topological polar surface area (TPSA) is 95.1 Å². The van der Waals surface area contributed by atoms with Crippen LogP contribution in [0.25, 0.3) is 0 Å². The van der Waals surface area contributed by atoms with Crippen LogP contribution in [0.4, 0.5) is 4.39 Å². The van der Waals surface area contributed by atoms with Gasteiger partial charge in [-0.05, 0) is 30.7 Å². The Hall–Kier alpha value is -2.70. The van der Waals surface area contributed by atoms with Crippen molar-refractivity contribution in [3.05, 3.63) is 53.1 Å². The van der Waals surface area contributed by atoms with Crippen molar-refractivity contribution in [2.24, 2.45) is 0 Å². The summed E-state index contributed by atoms with van der Waals surface area (Å²) in [7, 11) is 0. The lowest BCUT2D eigenvalue weighted by Crippen LogP contribution is -2.49. The molecule has 0 saturated carbocycles. The fourth-order valence-electron chi connectivity index (χ4n) is 2.15. The van der Waals surface area contributed by atoms with Gasteiger partial charge in [0, 0.05) is 11.1 Å². The van der Waals surface area contributed by atoms with Gasteiger partial charge in [0.2, 0.25) is 0 Å². The number of halogens is 1. The minimum atomic E-state index is -1.70. The van der Waals surface area contributed by atoms with Crippen LogP contribution in [-0.4, -0.2) is 27.2 Å². The summed E-state index contributed by atoms with van der Waals surface area (Å²) in [6.45, 7) is 7.23. The molecule has 2 aromatic rings. The van der Waals surface area contributed by atoms with Crippen LogP contribution < -0.4 is 5.32 Å². The van der Waals surface area contributed by atoms with Crippen molar-refractivity contribution in [1.82, 2.24) is 15.5 Å². The van der Waals surface area contributed by atoms with E-state index in [2.05, 4.69) is 15.5 Å². The van der Waals surface area contributed by atoms with Gasteiger partial charge in [-0.1, -0.05) is 32.9 Å². The summed E-state index contributed by atoms with van der Waals surface area (Å²) in [5, 5.41) is 18.7. The number of amides is 1. The highest BCUT2D eigenvalue weighted by Crippen LogP contribution is 2.24. The summed E-state index contributed by atoms with van der Waals surface area (Å²) in [5.41, 5.74) is -0.818. The standard InChI is InChI=1S/C17H20FN3O3/c1-16(2,3)13-9-12(20-21-13)14(22)19-17(4,15(23)24)10-5-7-11(18)8-6-10/h5-9H,1-4H3,(H,19,22)(H,20,21)(H,23,24). The Balaban J connectivity index is 2.30. The highest BCUT2D eigenvalue weighted by molar-refractivity contribution is 5.96. The Morgan fingerprint density at radius 1 is 1.17 bits per heavy atom. The second-order valence-corrected chi connectivity index (χ2v) is 6.81. The maximum absolute atomic E-state index is 13.1. The number of rotatable bonds is 4. The number of carbonyl (C=O) groups excluding carboxylic acids is 1. The Morgan fingerprint density at radius 3 is 2.21 bits per heavy atom. The predicted octanol–water partition coefficient (Wildman–Crippen LogP) is 2.58. The summed E-state index contributed by atoms with van der Waals surface area (Å²) in [5.74, 6) is -2.37. The molecule has 0 radical (unpaired) electrons. The van der Waals surface area contributed by atoms with Crippen LogP contribution in [-0.2, 0) is 15.7 Å². The zero-order chi connectivity index (χ0) is 18.1. The first-order valence-corrected chi connectivity index (χ1v) is 7.42. The molecule has 128 valence electrons. The molecule has 0 bridgehead atoms. The number of aliphatic carboxylic acids is 1. The lowest BCUT2D eigenvalue weighted by atomic mass is 9.91. The van der Waals surface area contributed by atoms with Crippen molar-refractivity contribution >= 4 is 11.9 Å². The summed E-state index contributed by atoms with van der Waals surface area (Å²) in [6, 6.07) is 6.54. The first-order valence-electron chi connectivity index (χ1n) is 7.42. The molecule has 0 fully saturated rings. The van der Waals surface area contributed by atoms with E-state index < -0.39 is 23.2 Å². The van der Waals surface area contributed by atoms with Crippen LogP contribution in [0.1, 0.15) is 49.4 Å². The van der Waals surface area contributed by atoms with Crippen molar-refractivity contribution < 1.29 is 19.1 Å². The van der Waals surface area contributed by atoms with E-state index >= 15 is 0 Å². The van der Waals surface area contributed by atoms with Gasteiger partial charge in [-0.15, -0.1) is 0 Å². The largest absolute Gasteiger partial charge is 0.479 e. The molecular formula is C17H20FN3O3. The molecule has 1 unspecified atom stereocenters. The molecule has 1 aromatic carbocycles. The first kappa shape index (κ1) is 17.7. The molecule has 0 saturated heterocycles. The zero-order valence-corrected chi connectivity index (χ0v) is 14.0. The van der Waals surface area contributed by atoms with E-state index in [1.54, 1.807) is 6.07 Å². The summed E-state index contributed by atoms with van der Waals surface area (Å²) in [4.78, 5) is 24.1. The number of nitrogens with zero attached hydrogens (tertiary/aromatic N) is 1. The highest BCUT2D eigenvalue weighted by Gasteiger charge is 2.37. The first-order chi connectivity index (χ1) is 11.0. The van der Waals surface area contributed by atoms with Gasteiger partial charge in [0.15, 0.2) is 5.54 Å². The molecule has 1 aromatic heterocycles. The van der Waals surface area contributed by atoms with E-state index in [1.807, 2.05) is 20.8 Å². The third kappa shape index (κ3) is 3.45. The minimum Gasteiger partial charge on any atom is -0.479 e. The van der Waals surface area contributed by atoms with Crippen molar-refractivity contribution in [2.75, 3.05) is 0 Å². The fourth-order valence-corrected chi connectivity index (χ4v) is 2.15. The van der Waals surface area contributed by atoms with Gasteiger partial charge in [-0.3, -0.25) is 9.89 Å². The second-order valence-electron chi connectivity index (χ2n) is 6.81. The van der Waals surface area contributed by atoms with E-state index in [-0.39, 0.29) is 16.7 Å². The molecule has 1 heterocycles. The average Bonchev–Trinajstić information content (AvgIpc) is 2.97. The third-order valence-corrected chi connectivity index (χ3v) is 3.83. The highest BCUT2D eigenvalue weighted by atomic mass is 19.1. The molecule has 2 rings (SSSR count). The number of nitrogens with one attached hydrogen (secondary N) is 2. The van der Waals surface area contributed by atoms with Gasteiger partial charge in [0.25, 0.3) is 5.91 Å². The maximum Gasteiger partial charge on any atom is 0.333 e. The molecule has 0 aliphatic heterocycles. The molecule has 24 heavy (non-hydrogen) atoms. The van der Waals surface area contributed by atoms with Crippen LogP contribution in [0, 0.1) is 5.82 Å². The summed E-state index contributed by atoms with van der Waals surface area (Å²) < 4.78 is 13.1. The van der Waals surface area contributed by atoms with E-state index in [9.17, 15) is 19.1 Å². The molecular weight excluding hydrogens is 313 g/mol. The molecule has 7 heteroatoms. The van der Waals surface area contributed by atoms with Crippen LogP contribution in [0.5, 0.6) is 0 Å². The van der Waals surface area contributed by atoms with Gasteiger partial charge >= 0.3 is 5.97 Å². The Morgan fingerprint density at radius 2 is 1.75 bits per heavy atom. The number of carboxylic acid groups (broad SMARTS) is 1. The lowest BCUT2D eigenvalue weighted by Gasteiger charge is -2.26. The molecule has 0 spiro atoms. The Labute approximate surface area is 139 Å². The number of carboxylic acids is 1. The fraction of sp³-hybridized carbons (Fsp3) is 0.353. The van der Waals surface area contributed by atoms with Gasteiger partial charge in [-0.25, -0.2) is 9.18 Å². The van der Waals surface area contributed by atoms with Crippen molar-refractivity contribution in [3.8, 4) is 0 Å². The normalized spacial score (nSPS) is 14.0. The number of benzene rings is 1. The molecule has 0 aliphatic rings. The molecule has 6 nitrogen and oxygen atoms in total. The van der Waals surface area contributed by atoms with Crippen LogP contribution in [0.2, 0.25) is 0 Å². The quantitative estimate of drug-likeness (QED) is 0.801. The number of aromatic nitrogens is 2. The second kappa shape index (κ2) is 6.07. The van der Waals surface area contributed by atoms with Crippen LogP contribution >= 0.6 is 0 Å². The number of hydrogen-bond donors (Lipinski definition) is 3. The van der Waals surface area contributed by atoms with E-state index in [0.717, 1.165) is 17.8 Å². The van der Waals surface area contributed by atoms with Crippen molar-refractivity contribution in [3.63, 3.8) is 0 Å². The number of H-pyrrole nitrogens is 1. The van der Waals surface area contributed by atoms with Gasteiger partial charge in [-0.2, -0.15) is 5.10 Å². The molecule has 0 aliphatic carbocycles. The van der Waals surface area contributed by atoms with E-state index in [0.29, 0.717) is 0 Å². The minimum absolute atomic E-state index is 0.0921. The Kier molecular flexibility index (Phi) is 4.46. The predicted molar refractivity (Wildman–Crippen MR) is 86.1 cm³/mol.